The van der Waals surface area contributed by atoms with Crippen molar-refractivity contribution in [3.05, 3.63) is 29.8 Å². The standard InChI is InChI=1S/C12H18N2O/c1-10(15)11-5-4-6-12(9-11)13-7-8-14(2)3/h4-6,9,13H,7-8H2,1-3H3. The lowest BCUT2D eigenvalue weighted by Gasteiger charge is -2.11. The molecule has 1 aromatic carbocycles. The van der Waals surface area contributed by atoms with E-state index in [1.807, 2.05) is 38.4 Å². The molecule has 0 aliphatic carbocycles. The van der Waals surface area contributed by atoms with E-state index in [1.54, 1.807) is 6.92 Å². The van der Waals surface area contributed by atoms with Crippen LogP contribution in [0.15, 0.2) is 24.3 Å². The number of carbonyl (C=O) groups is 1. The van der Waals surface area contributed by atoms with Crippen LogP contribution < -0.4 is 5.32 Å². The molecule has 3 nitrogen and oxygen atoms in total. The minimum absolute atomic E-state index is 0.103. The van der Waals surface area contributed by atoms with Gasteiger partial charge in [-0.2, -0.15) is 0 Å². The predicted octanol–water partition coefficient (Wildman–Crippen LogP) is 1.86. The van der Waals surface area contributed by atoms with Gasteiger partial charge in [0.1, 0.15) is 0 Å². The number of hydrogen-bond donors (Lipinski definition) is 1. The van der Waals surface area contributed by atoms with Gasteiger partial charge in [0.15, 0.2) is 5.78 Å². The summed E-state index contributed by atoms with van der Waals surface area (Å²) in [6.45, 7) is 3.44. The molecule has 1 aromatic rings. The minimum Gasteiger partial charge on any atom is -0.384 e. The van der Waals surface area contributed by atoms with Crippen LogP contribution in [-0.4, -0.2) is 37.9 Å². The number of nitrogens with zero attached hydrogens (tertiary/aromatic N) is 1. The molecule has 0 unspecified atom stereocenters. The Labute approximate surface area is 91.1 Å². The van der Waals surface area contributed by atoms with Gasteiger partial charge < -0.3 is 10.2 Å². The van der Waals surface area contributed by atoms with E-state index in [4.69, 9.17) is 0 Å². The van der Waals surface area contributed by atoms with Gasteiger partial charge in [-0.15, -0.1) is 0 Å². The first-order chi connectivity index (χ1) is 7.09. The molecule has 0 radical (unpaired) electrons. The predicted molar refractivity (Wildman–Crippen MR) is 63.5 cm³/mol. The van der Waals surface area contributed by atoms with Crippen LogP contribution in [0.3, 0.4) is 0 Å². The van der Waals surface area contributed by atoms with Gasteiger partial charge in [-0.1, -0.05) is 12.1 Å². The van der Waals surface area contributed by atoms with E-state index in [0.29, 0.717) is 0 Å². The van der Waals surface area contributed by atoms with Crippen molar-refractivity contribution in [2.24, 2.45) is 0 Å². The Balaban J connectivity index is 2.54. The summed E-state index contributed by atoms with van der Waals surface area (Å²) in [7, 11) is 4.07. The van der Waals surface area contributed by atoms with Crippen LogP contribution in [0.25, 0.3) is 0 Å². The maximum Gasteiger partial charge on any atom is 0.159 e. The van der Waals surface area contributed by atoms with Crippen LogP contribution in [0.5, 0.6) is 0 Å². The molecular weight excluding hydrogens is 188 g/mol. The highest BCUT2D eigenvalue weighted by atomic mass is 16.1. The lowest BCUT2D eigenvalue weighted by Crippen LogP contribution is -2.20. The molecule has 3 heteroatoms. The molecule has 82 valence electrons. The lowest BCUT2D eigenvalue weighted by atomic mass is 10.1. The summed E-state index contributed by atoms with van der Waals surface area (Å²) >= 11 is 0. The van der Waals surface area contributed by atoms with Crippen molar-refractivity contribution in [3.63, 3.8) is 0 Å². The quantitative estimate of drug-likeness (QED) is 0.746. The Morgan fingerprint density at radius 2 is 2.13 bits per heavy atom. The first-order valence-electron chi connectivity index (χ1n) is 5.09. The molecule has 0 bridgehead atoms. The van der Waals surface area contributed by atoms with Crippen LogP contribution in [0, 0.1) is 0 Å². The molecule has 0 aliphatic heterocycles. The van der Waals surface area contributed by atoms with Crippen molar-refractivity contribution in [1.82, 2.24) is 4.90 Å². The Bertz CT molecular complexity index is 334. The molecule has 1 N–H and O–H groups in total. The summed E-state index contributed by atoms with van der Waals surface area (Å²) in [6.07, 6.45) is 0. The van der Waals surface area contributed by atoms with Gasteiger partial charge in [-0.05, 0) is 33.2 Å². The number of Topliss-reactive ketones (excluding diaryl/α,β-unsaturated/α-hetero) is 1. The van der Waals surface area contributed by atoms with Crippen molar-refractivity contribution in [2.45, 2.75) is 6.92 Å². The summed E-state index contributed by atoms with van der Waals surface area (Å²) in [5.74, 6) is 0.103. The molecule has 1 rings (SSSR count). The van der Waals surface area contributed by atoms with Crippen molar-refractivity contribution in [3.8, 4) is 0 Å². The van der Waals surface area contributed by atoms with Crippen molar-refractivity contribution in [1.29, 1.82) is 0 Å². The van der Waals surface area contributed by atoms with Crippen LogP contribution in [0.2, 0.25) is 0 Å². The van der Waals surface area contributed by atoms with Crippen molar-refractivity contribution >= 4 is 11.5 Å². The molecule has 15 heavy (non-hydrogen) atoms. The summed E-state index contributed by atoms with van der Waals surface area (Å²) in [4.78, 5) is 13.3. The van der Waals surface area contributed by atoms with E-state index < -0.39 is 0 Å². The van der Waals surface area contributed by atoms with E-state index in [2.05, 4.69) is 10.2 Å². The van der Waals surface area contributed by atoms with Gasteiger partial charge in [0.25, 0.3) is 0 Å². The number of benzene rings is 1. The van der Waals surface area contributed by atoms with Gasteiger partial charge in [0, 0.05) is 24.3 Å². The van der Waals surface area contributed by atoms with Gasteiger partial charge in [0.05, 0.1) is 0 Å². The molecule has 0 spiro atoms. The number of rotatable bonds is 5. The summed E-state index contributed by atoms with van der Waals surface area (Å²) in [6, 6.07) is 7.59. The second kappa shape index (κ2) is 5.51. The highest BCUT2D eigenvalue weighted by Gasteiger charge is 1.99. The average Bonchev–Trinajstić information content (AvgIpc) is 2.17. The Kier molecular flexibility index (Phi) is 4.31. The van der Waals surface area contributed by atoms with Gasteiger partial charge in [0.2, 0.25) is 0 Å². The number of carbonyl (C=O) groups excluding carboxylic acids is 1. The third-order valence-electron chi connectivity index (χ3n) is 2.16. The summed E-state index contributed by atoms with van der Waals surface area (Å²) < 4.78 is 0. The second-order valence-electron chi connectivity index (χ2n) is 3.87. The summed E-state index contributed by atoms with van der Waals surface area (Å²) in [5.41, 5.74) is 1.76. The van der Waals surface area contributed by atoms with Crippen LogP contribution in [-0.2, 0) is 0 Å². The van der Waals surface area contributed by atoms with E-state index in [-0.39, 0.29) is 5.78 Å². The molecule has 0 fully saturated rings. The Hall–Kier alpha value is -1.35. The number of hydrogen-bond acceptors (Lipinski definition) is 3. The number of likely N-dealkylation sites (N-methyl/N-ethyl adjacent to an activating group) is 1. The molecule has 0 aromatic heterocycles. The third-order valence-corrected chi connectivity index (χ3v) is 2.16. The lowest BCUT2D eigenvalue weighted by molar-refractivity contribution is 0.101. The maximum absolute atomic E-state index is 11.1. The normalized spacial score (nSPS) is 10.4. The molecule has 0 aliphatic rings. The SMILES string of the molecule is CC(=O)c1cccc(NCCN(C)C)c1. The Morgan fingerprint density at radius 3 is 2.73 bits per heavy atom. The largest absolute Gasteiger partial charge is 0.384 e. The zero-order valence-electron chi connectivity index (χ0n) is 9.58. The second-order valence-corrected chi connectivity index (χ2v) is 3.87. The zero-order valence-corrected chi connectivity index (χ0v) is 9.58. The zero-order chi connectivity index (χ0) is 11.3. The fraction of sp³-hybridized carbons (Fsp3) is 0.417. The first-order valence-corrected chi connectivity index (χ1v) is 5.09. The Morgan fingerprint density at radius 1 is 1.40 bits per heavy atom. The van der Waals surface area contributed by atoms with Crippen LogP contribution in [0.1, 0.15) is 17.3 Å². The third kappa shape index (κ3) is 4.13. The van der Waals surface area contributed by atoms with E-state index in [1.165, 1.54) is 0 Å². The van der Waals surface area contributed by atoms with E-state index in [0.717, 1.165) is 24.3 Å². The fourth-order valence-electron chi connectivity index (χ4n) is 1.27. The van der Waals surface area contributed by atoms with Gasteiger partial charge in [-0.3, -0.25) is 4.79 Å². The van der Waals surface area contributed by atoms with Crippen molar-refractivity contribution in [2.75, 3.05) is 32.5 Å². The van der Waals surface area contributed by atoms with E-state index >= 15 is 0 Å². The summed E-state index contributed by atoms with van der Waals surface area (Å²) in [5, 5.41) is 3.28. The molecule has 0 saturated carbocycles. The number of anilines is 1. The average molecular weight is 206 g/mol. The minimum atomic E-state index is 0.103. The molecule has 0 amide bonds. The number of ketones is 1. The van der Waals surface area contributed by atoms with Gasteiger partial charge >= 0.3 is 0 Å². The number of nitrogens with one attached hydrogen (secondary N) is 1. The topological polar surface area (TPSA) is 32.3 Å². The highest BCUT2D eigenvalue weighted by molar-refractivity contribution is 5.94. The van der Waals surface area contributed by atoms with Gasteiger partial charge in [-0.25, -0.2) is 0 Å². The smallest absolute Gasteiger partial charge is 0.159 e. The molecule has 0 saturated heterocycles. The van der Waals surface area contributed by atoms with Crippen LogP contribution >= 0.6 is 0 Å². The maximum atomic E-state index is 11.1. The highest BCUT2D eigenvalue weighted by Crippen LogP contribution is 2.10. The fourth-order valence-corrected chi connectivity index (χ4v) is 1.27. The molecule has 0 atom stereocenters. The first kappa shape index (κ1) is 11.7. The molecular formula is C12H18N2O. The molecule has 0 heterocycles. The van der Waals surface area contributed by atoms with Crippen molar-refractivity contribution < 1.29 is 4.79 Å². The van der Waals surface area contributed by atoms with Crippen LogP contribution in [0.4, 0.5) is 5.69 Å². The monoisotopic (exact) mass is 206 g/mol. The van der Waals surface area contributed by atoms with E-state index in [9.17, 15) is 4.79 Å².